The van der Waals surface area contributed by atoms with Gasteiger partial charge >= 0.3 is 0 Å². The summed E-state index contributed by atoms with van der Waals surface area (Å²) in [5.74, 6) is 1.33. The first-order chi connectivity index (χ1) is 8.60. The van der Waals surface area contributed by atoms with Gasteiger partial charge in [-0.05, 0) is 43.7 Å². The Bertz CT molecular complexity index is 591. The second-order valence-electron chi connectivity index (χ2n) is 4.17. The highest BCUT2D eigenvalue weighted by Crippen LogP contribution is 2.30. The number of hydrogen-bond donors (Lipinski definition) is 0. The molecule has 0 unspecified atom stereocenters. The van der Waals surface area contributed by atoms with E-state index in [1.165, 1.54) is 0 Å². The zero-order valence-corrected chi connectivity index (χ0v) is 11.8. The molecular weight excluding hydrogens is 292 g/mol. The summed E-state index contributed by atoms with van der Waals surface area (Å²) in [5, 5.41) is 0. The second kappa shape index (κ2) is 5.36. The van der Waals surface area contributed by atoms with Crippen molar-refractivity contribution in [3.63, 3.8) is 0 Å². The molecule has 0 aliphatic rings. The standard InChI is InChI=1S/C15H13BrO2/c1-10-3-6-14(12(7-10)9-17)18-15-8-13(16)5-4-11(15)2/h3-9H,1-2H3. The van der Waals surface area contributed by atoms with Crippen molar-refractivity contribution in [2.45, 2.75) is 13.8 Å². The van der Waals surface area contributed by atoms with E-state index in [0.717, 1.165) is 27.6 Å². The highest BCUT2D eigenvalue weighted by atomic mass is 79.9. The van der Waals surface area contributed by atoms with Crippen LogP contribution in [0.15, 0.2) is 40.9 Å². The molecule has 92 valence electrons. The van der Waals surface area contributed by atoms with E-state index in [4.69, 9.17) is 4.74 Å². The van der Waals surface area contributed by atoms with Gasteiger partial charge in [0.1, 0.15) is 11.5 Å². The van der Waals surface area contributed by atoms with Crippen molar-refractivity contribution >= 4 is 22.2 Å². The molecular formula is C15H13BrO2. The van der Waals surface area contributed by atoms with Gasteiger partial charge < -0.3 is 4.74 Å². The van der Waals surface area contributed by atoms with Crippen LogP contribution in [0.25, 0.3) is 0 Å². The van der Waals surface area contributed by atoms with E-state index in [0.29, 0.717) is 11.3 Å². The maximum atomic E-state index is 11.0. The van der Waals surface area contributed by atoms with Crippen molar-refractivity contribution in [3.05, 3.63) is 57.6 Å². The van der Waals surface area contributed by atoms with Crippen LogP contribution in [0.3, 0.4) is 0 Å². The Balaban J connectivity index is 2.39. The van der Waals surface area contributed by atoms with Crippen LogP contribution in [0.5, 0.6) is 11.5 Å². The molecule has 0 radical (unpaired) electrons. The van der Waals surface area contributed by atoms with Crippen LogP contribution < -0.4 is 4.74 Å². The van der Waals surface area contributed by atoms with Gasteiger partial charge in [0.2, 0.25) is 0 Å². The molecule has 3 heteroatoms. The van der Waals surface area contributed by atoms with Gasteiger partial charge in [-0.2, -0.15) is 0 Å². The fourth-order valence-electron chi connectivity index (χ4n) is 1.66. The number of hydrogen-bond acceptors (Lipinski definition) is 2. The summed E-state index contributed by atoms with van der Waals surface area (Å²) in [6.07, 6.45) is 0.815. The number of aldehydes is 1. The Morgan fingerprint density at radius 1 is 1.06 bits per heavy atom. The lowest BCUT2D eigenvalue weighted by atomic mass is 10.1. The molecule has 2 aromatic carbocycles. The number of halogens is 1. The van der Waals surface area contributed by atoms with Crippen molar-refractivity contribution in [1.82, 2.24) is 0 Å². The second-order valence-corrected chi connectivity index (χ2v) is 5.09. The van der Waals surface area contributed by atoms with Crippen LogP contribution in [0.4, 0.5) is 0 Å². The predicted molar refractivity (Wildman–Crippen MR) is 75.5 cm³/mol. The van der Waals surface area contributed by atoms with E-state index in [2.05, 4.69) is 15.9 Å². The van der Waals surface area contributed by atoms with Gasteiger partial charge in [0.15, 0.2) is 6.29 Å². The van der Waals surface area contributed by atoms with Gasteiger partial charge in [-0.25, -0.2) is 0 Å². The molecule has 0 aromatic heterocycles. The highest BCUT2D eigenvalue weighted by Gasteiger charge is 2.07. The molecule has 0 atom stereocenters. The summed E-state index contributed by atoms with van der Waals surface area (Å²) in [6, 6.07) is 11.4. The first kappa shape index (κ1) is 12.8. The lowest BCUT2D eigenvalue weighted by Gasteiger charge is -2.11. The zero-order chi connectivity index (χ0) is 13.1. The predicted octanol–water partition coefficient (Wildman–Crippen LogP) is 4.67. The van der Waals surface area contributed by atoms with E-state index in [9.17, 15) is 4.79 Å². The summed E-state index contributed by atoms with van der Waals surface area (Å²) in [7, 11) is 0. The van der Waals surface area contributed by atoms with Crippen molar-refractivity contribution in [2.75, 3.05) is 0 Å². The highest BCUT2D eigenvalue weighted by molar-refractivity contribution is 9.10. The average molecular weight is 305 g/mol. The third kappa shape index (κ3) is 2.79. The third-order valence-electron chi connectivity index (χ3n) is 2.66. The normalized spacial score (nSPS) is 10.2. The maximum Gasteiger partial charge on any atom is 0.153 e. The summed E-state index contributed by atoms with van der Waals surface area (Å²) in [6.45, 7) is 3.91. The minimum absolute atomic E-state index is 0.564. The van der Waals surface area contributed by atoms with Crippen LogP contribution in [0.1, 0.15) is 21.5 Å². The molecule has 0 saturated heterocycles. The monoisotopic (exact) mass is 304 g/mol. The Kier molecular flexibility index (Phi) is 3.82. The largest absolute Gasteiger partial charge is 0.456 e. The smallest absolute Gasteiger partial charge is 0.153 e. The Morgan fingerprint density at radius 2 is 1.83 bits per heavy atom. The van der Waals surface area contributed by atoms with Crippen LogP contribution in [-0.4, -0.2) is 6.29 Å². The molecule has 0 bridgehead atoms. The molecule has 2 aromatic rings. The van der Waals surface area contributed by atoms with Crippen molar-refractivity contribution in [3.8, 4) is 11.5 Å². The minimum atomic E-state index is 0.564. The summed E-state index contributed by atoms with van der Waals surface area (Å²) >= 11 is 3.41. The van der Waals surface area contributed by atoms with Gasteiger partial charge in [-0.15, -0.1) is 0 Å². The number of benzene rings is 2. The van der Waals surface area contributed by atoms with E-state index in [-0.39, 0.29) is 0 Å². The average Bonchev–Trinajstić information content (AvgIpc) is 2.36. The Labute approximate surface area is 115 Å². The molecule has 0 fully saturated rings. The lowest BCUT2D eigenvalue weighted by molar-refractivity contribution is 0.112. The summed E-state index contributed by atoms with van der Waals surface area (Å²) in [4.78, 5) is 11.0. The van der Waals surface area contributed by atoms with Crippen molar-refractivity contribution in [2.24, 2.45) is 0 Å². The van der Waals surface area contributed by atoms with Crippen molar-refractivity contribution in [1.29, 1.82) is 0 Å². The van der Waals surface area contributed by atoms with E-state index >= 15 is 0 Å². The molecule has 0 saturated carbocycles. The molecule has 18 heavy (non-hydrogen) atoms. The number of carbonyl (C=O) groups is 1. The van der Waals surface area contributed by atoms with Crippen LogP contribution >= 0.6 is 15.9 Å². The number of rotatable bonds is 3. The topological polar surface area (TPSA) is 26.3 Å². The number of carbonyl (C=O) groups excluding carboxylic acids is 1. The molecule has 2 rings (SSSR count). The molecule has 2 nitrogen and oxygen atoms in total. The fraction of sp³-hybridized carbons (Fsp3) is 0.133. The lowest BCUT2D eigenvalue weighted by Crippen LogP contribution is -1.93. The summed E-state index contributed by atoms with van der Waals surface area (Å²) in [5.41, 5.74) is 2.63. The molecule has 0 amide bonds. The van der Waals surface area contributed by atoms with Crippen LogP contribution in [-0.2, 0) is 0 Å². The Hall–Kier alpha value is -1.61. The quantitative estimate of drug-likeness (QED) is 0.770. The van der Waals surface area contributed by atoms with Gasteiger partial charge in [-0.3, -0.25) is 4.79 Å². The number of aryl methyl sites for hydroxylation is 2. The van der Waals surface area contributed by atoms with Gasteiger partial charge in [0.05, 0.1) is 5.56 Å². The van der Waals surface area contributed by atoms with Gasteiger partial charge in [0, 0.05) is 4.47 Å². The van der Waals surface area contributed by atoms with Crippen molar-refractivity contribution < 1.29 is 9.53 Å². The number of ether oxygens (including phenoxy) is 1. The van der Waals surface area contributed by atoms with E-state index in [1.54, 1.807) is 0 Å². The van der Waals surface area contributed by atoms with Crippen LogP contribution in [0.2, 0.25) is 0 Å². The third-order valence-corrected chi connectivity index (χ3v) is 3.16. The fourth-order valence-corrected chi connectivity index (χ4v) is 2.00. The zero-order valence-electron chi connectivity index (χ0n) is 10.2. The van der Waals surface area contributed by atoms with Gasteiger partial charge in [-0.1, -0.05) is 33.6 Å². The van der Waals surface area contributed by atoms with E-state index < -0.39 is 0 Å². The first-order valence-electron chi connectivity index (χ1n) is 5.60. The SMILES string of the molecule is Cc1ccc(Oc2cc(Br)ccc2C)c(C=O)c1. The molecule has 0 heterocycles. The molecule has 0 aliphatic carbocycles. The molecule has 0 N–H and O–H groups in total. The van der Waals surface area contributed by atoms with E-state index in [1.807, 2.05) is 50.2 Å². The first-order valence-corrected chi connectivity index (χ1v) is 6.39. The van der Waals surface area contributed by atoms with Gasteiger partial charge in [0.25, 0.3) is 0 Å². The minimum Gasteiger partial charge on any atom is -0.456 e. The Morgan fingerprint density at radius 3 is 2.56 bits per heavy atom. The molecule has 0 aliphatic heterocycles. The maximum absolute atomic E-state index is 11.0. The summed E-state index contributed by atoms with van der Waals surface area (Å²) < 4.78 is 6.75. The van der Waals surface area contributed by atoms with Crippen LogP contribution in [0, 0.1) is 13.8 Å². The molecule has 0 spiro atoms.